The molecule has 0 unspecified atom stereocenters. The van der Waals surface area contributed by atoms with Crippen molar-refractivity contribution < 1.29 is 17.9 Å². The molecule has 0 aliphatic rings. The van der Waals surface area contributed by atoms with Gasteiger partial charge in [0.25, 0.3) is 10.0 Å². The van der Waals surface area contributed by atoms with Gasteiger partial charge in [-0.2, -0.15) is 0 Å². The van der Waals surface area contributed by atoms with Crippen LogP contribution in [-0.4, -0.2) is 30.9 Å². The van der Waals surface area contributed by atoms with Crippen LogP contribution < -0.4 is 14.8 Å². The molecule has 0 fully saturated rings. The molecule has 3 aromatic rings. The number of hydrogen-bond donors (Lipinski definition) is 2. The normalized spacial score (nSPS) is 11.2. The van der Waals surface area contributed by atoms with Crippen molar-refractivity contribution in [2.75, 3.05) is 16.6 Å². The summed E-state index contributed by atoms with van der Waals surface area (Å²) in [5, 5.41) is 2.77. The third-order valence-electron chi connectivity index (χ3n) is 4.79. The number of anilines is 2. The predicted octanol–water partition coefficient (Wildman–Crippen LogP) is 4.31. The van der Waals surface area contributed by atoms with Crippen molar-refractivity contribution >= 4 is 27.6 Å². The van der Waals surface area contributed by atoms with Crippen molar-refractivity contribution in [1.29, 1.82) is 0 Å². The number of ether oxygens (including phenoxy) is 1. The summed E-state index contributed by atoms with van der Waals surface area (Å²) in [5.41, 5.74) is 4.08. The summed E-state index contributed by atoms with van der Waals surface area (Å²) in [7, 11) is -3.85. The molecule has 1 heterocycles. The van der Waals surface area contributed by atoms with Crippen LogP contribution in [-0.2, 0) is 14.8 Å². The lowest BCUT2D eigenvalue weighted by Gasteiger charge is -2.10. The van der Waals surface area contributed by atoms with Gasteiger partial charge in [0, 0.05) is 23.5 Å². The highest BCUT2D eigenvalue weighted by Gasteiger charge is 2.16. The lowest BCUT2D eigenvalue weighted by atomic mass is 10.1. The average Bonchev–Trinajstić information content (AvgIpc) is 2.72. The molecule has 1 aromatic heterocycles. The van der Waals surface area contributed by atoms with E-state index in [0.717, 1.165) is 11.3 Å². The summed E-state index contributed by atoms with van der Waals surface area (Å²) in [6.45, 7) is 7.97. The molecular formula is C24H28N4O4S. The number of nitrogens with zero attached hydrogens (tertiary/aromatic N) is 2. The SMILES string of the molecule is Cc1ccc(OCCCC(=O)Nc2ccc(S(=O)(=O)Nc3nc(C)cc(C)n3)cc2)c(C)c1. The minimum Gasteiger partial charge on any atom is -0.493 e. The topological polar surface area (TPSA) is 110 Å². The molecule has 0 saturated heterocycles. The summed E-state index contributed by atoms with van der Waals surface area (Å²) >= 11 is 0. The zero-order valence-corrected chi connectivity index (χ0v) is 20.0. The molecule has 0 aliphatic heterocycles. The minimum absolute atomic E-state index is 0.0212. The largest absolute Gasteiger partial charge is 0.493 e. The Bertz CT molecular complexity index is 1220. The Hall–Kier alpha value is -3.46. The molecule has 2 aromatic carbocycles. The minimum atomic E-state index is -3.85. The van der Waals surface area contributed by atoms with Gasteiger partial charge in [-0.15, -0.1) is 0 Å². The van der Waals surface area contributed by atoms with Crippen molar-refractivity contribution in [3.63, 3.8) is 0 Å². The molecule has 0 atom stereocenters. The fourth-order valence-electron chi connectivity index (χ4n) is 3.27. The zero-order chi connectivity index (χ0) is 24.0. The Balaban J connectivity index is 1.50. The Morgan fingerprint density at radius 3 is 2.24 bits per heavy atom. The van der Waals surface area contributed by atoms with Gasteiger partial charge in [0.2, 0.25) is 11.9 Å². The van der Waals surface area contributed by atoms with E-state index in [1.54, 1.807) is 32.0 Å². The Morgan fingerprint density at radius 1 is 0.939 bits per heavy atom. The fraction of sp³-hybridized carbons (Fsp3) is 0.292. The first kappa shape index (κ1) is 24.2. The van der Waals surface area contributed by atoms with Gasteiger partial charge in [-0.25, -0.2) is 23.1 Å². The van der Waals surface area contributed by atoms with Gasteiger partial charge in [0.1, 0.15) is 5.75 Å². The molecule has 0 spiro atoms. The standard InChI is InChI=1S/C24H28N4O4S/c1-16-7-12-22(17(2)14-16)32-13-5-6-23(29)27-20-8-10-21(11-9-20)33(30,31)28-24-25-18(3)15-19(4)26-24/h7-12,14-15H,5-6,13H2,1-4H3,(H,27,29)(H,25,26,28). The van der Waals surface area contributed by atoms with Crippen LogP contribution in [0.2, 0.25) is 0 Å². The highest BCUT2D eigenvalue weighted by Crippen LogP contribution is 2.20. The number of aromatic nitrogens is 2. The highest BCUT2D eigenvalue weighted by atomic mass is 32.2. The molecule has 0 bridgehead atoms. The Morgan fingerprint density at radius 2 is 1.61 bits per heavy atom. The average molecular weight is 469 g/mol. The summed E-state index contributed by atoms with van der Waals surface area (Å²) in [5.74, 6) is 0.669. The van der Waals surface area contributed by atoms with Gasteiger partial charge in [-0.3, -0.25) is 4.79 Å². The summed E-state index contributed by atoms with van der Waals surface area (Å²) in [6.07, 6.45) is 0.849. The molecule has 0 radical (unpaired) electrons. The van der Waals surface area contributed by atoms with Crippen LogP contribution in [0, 0.1) is 27.7 Å². The zero-order valence-electron chi connectivity index (χ0n) is 19.2. The number of nitrogens with one attached hydrogen (secondary N) is 2. The van der Waals surface area contributed by atoms with E-state index in [9.17, 15) is 13.2 Å². The van der Waals surface area contributed by atoms with Crippen LogP contribution >= 0.6 is 0 Å². The molecule has 33 heavy (non-hydrogen) atoms. The van der Waals surface area contributed by atoms with Crippen LogP contribution in [0.3, 0.4) is 0 Å². The number of amides is 1. The summed E-state index contributed by atoms with van der Waals surface area (Å²) in [4.78, 5) is 20.4. The number of carbonyl (C=O) groups is 1. The first-order chi connectivity index (χ1) is 15.6. The van der Waals surface area contributed by atoms with E-state index in [2.05, 4.69) is 26.1 Å². The van der Waals surface area contributed by atoms with Gasteiger partial charge >= 0.3 is 0 Å². The van der Waals surface area contributed by atoms with Gasteiger partial charge in [0.15, 0.2) is 0 Å². The first-order valence-electron chi connectivity index (χ1n) is 10.6. The Labute approximate surface area is 194 Å². The van der Waals surface area contributed by atoms with Crippen LogP contribution in [0.25, 0.3) is 0 Å². The smallest absolute Gasteiger partial charge is 0.264 e. The number of aryl methyl sites for hydroxylation is 4. The highest BCUT2D eigenvalue weighted by molar-refractivity contribution is 7.92. The molecule has 174 valence electrons. The first-order valence-corrected chi connectivity index (χ1v) is 12.1. The molecule has 3 rings (SSSR count). The van der Waals surface area contributed by atoms with Crippen LogP contribution in [0.1, 0.15) is 35.4 Å². The third kappa shape index (κ3) is 7.01. The van der Waals surface area contributed by atoms with E-state index < -0.39 is 10.0 Å². The summed E-state index contributed by atoms with van der Waals surface area (Å²) < 4.78 is 33.3. The molecule has 2 N–H and O–H groups in total. The van der Waals surface area contributed by atoms with Crippen LogP contribution in [0.15, 0.2) is 53.4 Å². The molecule has 0 saturated carbocycles. The maximum atomic E-state index is 12.6. The second-order valence-corrected chi connectivity index (χ2v) is 9.56. The number of hydrogen-bond acceptors (Lipinski definition) is 6. The van der Waals surface area contributed by atoms with Crippen molar-refractivity contribution in [3.8, 4) is 5.75 Å². The number of benzene rings is 2. The van der Waals surface area contributed by atoms with Gasteiger partial charge in [-0.05, 0) is 76.1 Å². The van der Waals surface area contributed by atoms with E-state index in [0.29, 0.717) is 30.1 Å². The van der Waals surface area contributed by atoms with Crippen LogP contribution in [0.4, 0.5) is 11.6 Å². The van der Waals surface area contributed by atoms with Gasteiger partial charge in [-0.1, -0.05) is 17.7 Å². The lowest BCUT2D eigenvalue weighted by Crippen LogP contribution is -2.16. The maximum absolute atomic E-state index is 12.6. The fourth-order valence-corrected chi connectivity index (χ4v) is 4.21. The maximum Gasteiger partial charge on any atom is 0.264 e. The van der Waals surface area contributed by atoms with Gasteiger partial charge in [0.05, 0.1) is 11.5 Å². The van der Waals surface area contributed by atoms with Gasteiger partial charge < -0.3 is 10.1 Å². The summed E-state index contributed by atoms with van der Waals surface area (Å²) in [6, 6.07) is 13.7. The quantitative estimate of drug-likeness (QED) is 0.453. The predicted molar refractivity (Wildman–Crippen MR) is 128 cm³/mol. The number of carbonyl (C=O) groups excluding carboxylic acids is 1. The van der Waals surface area contributed by atoms with E-state index in [1.165, 1.54) is 17.7 Å². The second-order valence-electron chi connectivity index (χ2n) is 7.87. The molecule has 0 aliphatic carbocycles. The second kappa shape index (κ2) is 10.4. The lowest BCUT2D eigenvalue weighted by molar-refractivity contribution is -0.116. The molecule has 8 nitrogen and oxygen atoms in total. The monoisotopic (exact) mass is 468 g/mol. The molecular weight excluding hydrogens is 440 g/mol. The van der Waals surface area contributed by atoms with Crippen molar-refractivity contribution in [2.45, 2.75) is 45.4 Å². The van der Waals surface area contributed by atoms with Crippen molar-refractivity contribution in [1.82, 2.24) is 9.97 Å². The molecule has 1 amide bonds. The number of rotatable bonds is 9. The van der Waals surface area contributed by atoms with E-state index in [-0.39, 0.29) is 23.2 Å². The van der Waals surface area contributed by atoms with Crippen molar-refractivity contribution in [2.24, 2.45) is 0 Å². The van der Waals surface area contributed by atoms with E-state index >= 15 is 0 Å². The number of sulfonamides is 1. The van der Waals surface area contributed by atoms with Crippen molar-refractivity contribution in [3.05, 3.63) is 71.0 Å². The Kier molecular flexibility index (Phi) is 7.65. The van der Waals surface area contributed by atoms with Crippen LogP contribution in [0.5, 0.6) is 5.75 Å². The molecule has 9 heteroatoms. The van der Waals surface area contributed by atoms with E-state index in [1.807, 2.05) is 26.0 Å². The van der Waals surface area contributed by atoms with E-state index in [4.69, 9.17) is 4.74 Å². The third-order valence-corrected chi connectivity index (χ3v) is 6.14.